The van der Waals surface area contributed by atoms with Crippen LogP contribution in [0, 0.1) is 0 Å². The lowest BCUT2D eigenvalue weighted by Crippen LogP contribution is -2.34. The second kappa shape index (κ2) is 5.17. The number of fused-ring (bicyclic) bond motifs is 1. The van der Waals surface area contributed by atoms with E-state index in [1.807, 2.05) is 23.2 Å². The van der Waals surface area contributed by atoms with Crippen molar-refractivity contribution in [1.29, 1.82) is 0 Å². The number of thiophene rings is 1. The first kappa shape index (κ1) is 12.4. The van der Waals surface area contributed by atoms with E-state index in [2.05, 4.69) is 22.3 Å². The smallest absolute Gasteiger partial charge is 0.222 e. The van der Waals surface area contributed by atoms with Crippen LogP contribution in [0.25, 0.3) is 10.2 Å². The molecule has 0 aromatic carbocycles. The fourth-order valence-corrected chi connectivity index (χ4v) is 3.41. The van der Waals surface area contributed by atoms with Gasteiger partial charge >= 0.3 is 0 Å². The molecule has 3 heterocycles. The molecule has 0 unspecified atom stereocenters. The average Bonchev–Trinajstić information content (AvgIpc) is 3.04. The van der Waals surface area contributed by atoms with E-state index in [1.54, 1.807) is 11.3 Å². The van der Waals surface area contributed by atoms with Crippen molar-refractivity contribution < 1.29 is 4.79 Å². The van der Waals surface area contributed by atoms with Crippen LogP contribution in [0.1, 0.15) is 12.8 Å². The molecule has 1 saturated heterocycles. The maximum absolute atomic E-state index is 11.6. The Morgan fingerprint density at radius 1 is 1.47 bits per heavy atom. The molecule has 0 spiro atoms. The van der Waals surface area contributed by atoms with Gasteiger partial charge in [-0.3, -0.25) is 9.78 Å². The van der Waals surface area contributed by atoms with Crippen molar-refractivity contribution >= 4 is 33.1 Å². The molecule has 0 radical (unpaired) electrons. The number of aromatic nitrogens is 1. The molecular formula is C14H17N3OS. The van der Waals surface area contributed by atoms with Crippen LogP contribution in [0.15, 0.2) is 23.7 Å². The molecule has 1 aliphatic rings. The summed E-state index contributed by atoms with van der Waals surface area (Å²) >= 11 is 1.72. The van der Waals surface area contributed by atoms with Gasteiger partial charge in [0.1, 0.15) is 0 Å². The lowest BCUT2D eigenvalue weighted by atomic mass is 10.3. The summed E-state index contributed by atoms with van der Waals surface area (Å²) in [4.78, 5) is 20.1. The lowest BCUT2D eigenvalue weighted by molar-refractivity contribution is -0.127. The number of hydrogen-bond donors (Lipinski definition) is 0. The number of anilines is 1. The Balaban J connectivity index is 1.71. The monoisotopic (exact) mass is 275 g/mol. The molecule has 19 heavy (non-hydrogen) atoms. The molecule has 1 amide bonds. The molecule has 2 aromatic rings. The minimum Gasteiger partial charge on any atom is -0.372 e. The van der Waals surface area contributed by atoms with E-state index in [0.717, 1.165) is 31.6 Å². The van der Waals surface area contributed by atoms with Gasteiger partial charge in [0.2, 0.25) is 5.91 Å². The van der Waals surface area contributed by atoms with Gasteiger partial charge in [0.15, 0.2) is 0 Å². The molecule has 3 rings (SSSR count). The Morgan fingerprint density at radius 3 is 3.16 bits per heavy atom. The predicted molar refractivity (Wildman–Crippen MR) is 78.7 cm³/mol. The predicted octanol–water partition coefficient (Wildman–Crippen LogP) is 2.35. The van der Waals surface area contributed by atoms with Gasteiger partial charge in [0.05, 0.1) is 15.9 Å². The Morgan fingerprint density at radius 2 is 2.37 bits per heavy atom. The molecule has 1 fully saturated rings. The zero-order valence-corrected chi connectivity index (χ0v) is 11.8. The van der Waals surface area contributed by atoms with Crippen LogP contribution in [-0.2, 0) is 4.79 Å². The highest BCUT2D eigenvalue weighted by molar-refractivity contribution is 7.17. The van der Waals surface area contributed by atoms with Crippen molar-refractivity contribution in [2.75, 3.05) is 31.6 Å². The number of carbonyl (C=O) groups is 1. The van der Waals surface area contributed by atoms with Gasteiger partial charge in [-0.1, -0.05) is 0 Å². The van der Waals surface area contributed by atoms with Crippen LogP contribution in [0.3, 0.4) is 0 Å². The van der Waals surface area contributed by atoms with Gasteiger partial charge in [-0.2, -0.15) is 0 Å². The standard InChI is InChI=1S/C14H17N3OS/c1-16(8-9-17-7-2-3-13(17)18)12-4-6-15-11-5-10-19-14(11)12/h4-6,10H,2-3,7-9H2,1H3. The van der Waals surface area contributed by atoms with Crippen molar-refractivity contribution in [2.45, 2.75) is 12.8 Å². The van der Waals surface area contributed by atoms with E-state index in [-0.39, 0.29) is 0 Å². The van der Waals surface area contributed by atoms with Crippen molar-refractivity contribution in [1.82, 2.24) is 9.88 Å². The first-order valence-corrected chi connectivity index (χ1v) is 7.45. The summed E-state index contributed by atoms with van der Waals surface area (Å²) < 4.78 is 1.22. The second-order valence-electron chi connectivity index (χ2n) is 4.87. The zero-order valence-electron chi connectivity index (χ0n) is 11.0. The van der Waals surface area contributed by atoms with Crippen LogP contribution in [0.2, 0.25) is 0 Å². The Kier molecular flexibility index (Phi) is 3.38. The Hall–Kier alpha value is -1.62. The molecule has 0 bridgehead atoms. The van der Waals surface area contributed by atoms with Crippen molar-refractivity contribution in [3.8, 4) is 0 Å². The van der Waals surface area contributed by atoms with Crippen LogP contribution >= 0.6 is 11.3 Å². The molecule has 0 aliphatic carbocycles. The first-order chi connectivity index (χ1) is 9.25. The number of nitrogens with zero attached hydrogens (tertiary/aromatic N) is 3. The molecule has 100 valence electrons. The Labute approximate surface area is 116 Å². The van der Waals surface area contributed by atoms with Gasteiger partial charge < -0.3 is 9.80 Å². The number of likely N-dealkylation sites (tertiary alicyclic amines) is 1. The van der Waals surface area contributed by atoms with Crippen molar-refractivity contribution in [3.05, 3.63) is 23.7 Å². The molecule has 4 nitrogen and oxygen atoms in total. The van der Waals surface area contributed by atoms with E-state index < -0.39 is 0 Å². The quantitative estimate of drug-likeness (QED) is 0.859. The van der Waals surface area contributed by atoms with Crippen molar-refractivity contribution in [3.63, 3.8) is 0 Å². The molecule has 0 saturated carbocycles. The summed E-state index contributed by atoms with van der Waals surface area (Å²) in [5.41, 5.74) is 2.25. The molecule has 1 aliphatic heterocycles. The third-order valence-electron chi connectivity index (χ3n) is 3.61. The first-order valence-electron chi connectivity index (χ1n) is 6.57. The number of likely N-dealkylation sites (N-methyl/N-ethyl adjacent to an activating group) is 1. The summed E-state index contributed by atoms with van der Waals surface area (Å²) in [5.74, 6) is 0.296. The van der Waals surface area contributed by atoms with Gasteiger partial charge in [-0.15, -0.1) is 11.3 Å². The molecule has 5 heteroatoms. The largest absolute Gasteiger partial charge is 0.372 e. The van der Waals surface area contributed by atoms with Gasteiger partial charge in [0.25, 0.3) is 0 Å². The summed E-state index contributed by atoms with van der Waals surface area (Å²) in [6, 6.07) is 4.09. The third kappa shape index (κ3) is 2.42. The third-order valence-corrected chi connectivity index (χ3v) is 4.54. The molecule has 0 N–H and O–H groups in total. The molecule has 2 aromatic heterocycles. The summed E-state index contributed by atoms with van der Waals surface area (Å²) in [5, 5.41) is 2.07. The van der Waals surface area contributed by atoms with Crippen molar-refractivity contribution in [2.24, 2.45) is 0 Å². The highest BCUT2D eigenvalue weighted by Gasteiger charge is 2.20. The summed E-state index contributed by atoms with van der Waals surface area (Å²) in [7, 11) is 2.08. The topological polar surface area (TPSA) is 36.4 Å². The van der Waals surface area contributed by atoms with Gasteiger partial charge in [-0.25, -0.2) is 0 Å². The maximum atomic E-state index is 11.6. The number of hydrogen-bond acceptors (Lipinski definition) is 4. The minimum absolute atomic E-state index is 0.296. The number of rotatable bonds is 4. The number of carbonyl (C=O) groups excluding carboxylic acids is 1. The fourth-order valence-electron chi connectivity index (χ4n) is 2.49. The van der Waals surface area contributed by atoms with Crippen LogP contribution in [0.4, 0.5) is 5.69 Å². The number of amides is 1. The SMILES string of the molecule is CN(CCN1CCCC1=O)c1ccnc2ccsc12. The van der Waals surface area contributed by atoms with Crippen LogP contribution in [0.5, 0.6) is 0 Å². The van der Waals surface area contributed by atoms with Gasteiger partial charge in [-0.05, 0) is 23.9 Å². The fraction of sp³-hybridized carbons (Fsp3) is 0.429. The highest BCUT2D eigenvalue weighted by atomic mass is 32.1. The van der Waals surface area contributed by atoms with E-state index in [4.69, 9.17) is 0 Å². The van der Waals surface area contributed by atoms with Gasteiger partial charge in [0, 0.05) is 39.3 Å². The second-order valence-corrected chi connectivity index (χ2v) is 5.79. The number of pyridine rings is 1. The summed E-state index contributed by atoms with van der Waals surface area (Å²) in [6.07, 6.45) is 3.57. The highest BCUT2D eigenvalue weighted by Crippen LogP contribution is 2.29. The van der Waals surface area contributed by atoms with E-state index in [1.165, 1.54) is 10.4 Å². The molecule has 0 atom stereocenters. The molecular weight excluding hydrogens is 258 g/mol. The average molecular weight is 275 g/mol. The maximum Gasteiger partial charge on any atom is 0.222 e. The lowest BCUT2D eigenvalue weighted by Gasteiger charge is -2.23. The van der Waals surface area contributed by atoms with E-state index in [0.29, 0.717) is 12.3 Å². The van der Waals surface area contributed by atoms with E-state index in [9.17, 15) is 4.79 Å². The Bertz CT molecular complexity index is 595. The minimum atomic E-state index is 0.296. The van der Waals surface area contributed by atoms with Crippen LogP contribution in [-0.4, -0.2) is 42.5 Å². The normalized spacial score (nSPS) is 15.4. The zero-order chi connectivity index (χ0) is 13.2. The van der Waals surface area contributed by atoms with E-state index >= 15 is 0 Å². The van der Waals surface area contributed by atoms with Crippen LogP contribution < -0.4 is 4.90 Å². The summed E-state index contributed by atoms with van der Waals surface area (Å²) in [6.45, 7) is 2.59.